The van der Waals surface area contributed by atoms with Crippen LogP contribution < -0.4 is 10.2 Å². The second-order valence-electron chi connectivity index (χ2n) is 7.87. The van der Waals surface area contributed by atoms with E-state index in [-0.39, 0.29) is 18.1 Å². The molecule has 2 aliphatic heterocycles. The standard InChI is InChI=1S/C25H25N3O2/c29-25(28-15-12-18-7-4-5-11-22(18)28)21-10-6-14-26-24(21)27-20-13-16-30-23(17-20)19-8-2-1-3-9-19/h1-11,14,20,23H,12-13,15-17H2,(H,26,27). The van der Waals surface area contributed by atoms with Crippen LogP contribution in [-0.4, -0.2) is 30.1 Å². The van der Waals surface area contributed by atoms with E-state index in [1.165, 1.54) is 11.1 Å². The third-order valence-corrected chi connectivity index (χ3v) is 5.97. The Kier molecular flexibility index (Phi) is 5.20. The molecule has 0 bridgehead atoms. The minimum Gasteiger partial charge on any atom is -0.373 e. The van der Waals surface area contributed by atoms with E-state index < -0.39 is 0 Å². The molecule has 1 fully saturated rings. The van der Waals surface area contributed by atoms with E-state index in [9.17, 15) is 4.79 Å². The lowest BCUT2D eigenvalue weighted by atomic mass is 9.97. The van der Waals surface area contributed by atoms with Crippen LogP contribution in [-0.2, 0) is 11.2 Å². The maximum Gasteiger partial charge on any atom is 0.262 e. The van der Waals surface area contributed by atoms with Crippen LogP contribution in [0.5, 0.6) is 0 Å². The summed E-state index contributed by atoms with van der Waals surface area (Å²) >= 11 is 0. The number of benzene rings is 2. The van der Waals surface area contributed by atoms with Crippen molar-refractivity contribution in [2.75, 3.05) is 23.4 Å². The molecule has 152 valence electrons. The molecule has 2 aromatic carbocycles. The number of hydrogen-bond acceptors (Lipinski definition) is 4. The number of pyridine rings is 1. The summed E-state index contributed by atoms with van der Waals surface area (Å²) in [6, 6.07) is 22.3. The summed E-state index contributed by atoms with van der Waals surface area (Å²) < 4.78 is 5.99. The molecule has 3 heterocycles. The first-order valence-electron chi connectivity index (χ1n) is 10.6. The summed E-state index contributed by atoms with van der Waals surface area (Å²) in [6.45, 7) is 1.40. The van der Waals surface area contributed by atoms with Gasteiger partial charge >= 0.3 is 0 Å². The Morgan fingerprint density at radius 2 is 1.87 bits per heavy atom. The zero-order chi connectivity index (χ0) is 20.3. The highest BCUT2D eigenvalue weighted by Gasteiger charge is 2.29. The Labute approximate surface area is 176 Å². The minimum atomic E-state index is 0.00205. The molecule has 0 saturated carbocycles. The minimum absolute atomic E-state index is 0.00205. The Hall–Kier alpha value is -3.18. The largest absolute Gasteiger partial charge is 0.373 e. The molecular formula is C25H25N3O2. The molecule has 2 aliphatic rings. The number of hydrogen-bond donors (Lipinski definition) is 1. The zero-order valence-corrected chi connectivity index (χ0v) is 16.8. The van der Waals surface area contributed by atoms with Gasteiger partial charge in [0.2, 0.25) is 0 Å². The van der Waals surface area contributed by atoms with Crippen LogP contribution in [0, 0.1) is 0 Å². The van der Waals surface area contributed by atoms with Crippen LogP contribution in [0.3, 0.4) is 0 Å². The number of ether oxygens (including phenoxy) is 1. The number of aromatic nitrogens is 1. The van der Waals surface area contributed by atoms with E-state index in [4.69, 9.17) is 4.74 Å². The first-order chi connectivity index (χ1) is 14.8. The Bertz CT molecular complexity index is 1040. The third kappa shape index (κ3) is 3.68. The molecule has 30 heavy (non-hydrogen) atoms. The van der Waals surface area contributed by atoms with Gasteiger partial charge in [-0.1, -0.05) is 48.5 Å². The van der Waals surface area contributed by atoms with Gasteiger partial charge in [-0.2, -0.15) is 0 Å². The molecule has 0 aliphatic carbocycles. The molecule has 1 N–H and O–H groups in total. The lowest BCUT2D eigenvalue weighted by molar-refractivity contribution is 0.00974. The molecule has 2 atom stereocenters. The van der Waals surface area contributed by atoms with Crippen molar-refractivity contribution in [2.24, 2.45) is 0 Å². The smallest absolute Gasteiger partial charge is 0.262 e. The summed E-state index contributed by atoms with van der Waals surface area (Å²) in [5.41, 5.74) is 4.04. The van der Waals surface area contributed by atoms with Gasteiger partial charge in [0, 0.05) is 31.1 Å². The number of fused-ring (bicyclic) bond motifs is 1. The van der Waals surface area contributed by atoms with Crippen LogP contribution in [0.4, 0.5) is 11.5 Å². The van der Waals surface area contributed by atoms with Gasteiger partial charge in [-0.3, -0.25) is 4.79 Å². The molecule has 3 aromatic rings. The van der Waals surface area contributed by atoms with Gasteiger partial charge in [-0.05, 0) is 48.6 Å². The molecule has 0 spiro atoms. The van der Waals surface area contributed by atoms with Crippen molar-refractivity contribution in [3.8, 4) is 0 Å². The molecule has 1 aromatic heterocycles. The second-order valence-corrected chi connectivity index (χ2v) is 7.87. The SMILES string of the molecule is O=C(c1cccnc1NC1CCOC(c2ccccc2)C1)N1CCc2ccccc21. The topological polar surface area (TPSA) is 54.5 Å². The lowest BCUT2D eigenvalue weighted by Gasteiger charge is -2.31. The van der Waals surface area contributed by atoms with Crippen molar-refractivity contribution < 1.29 is 9.53 Å². The van der Waals surface area contributed by atoms with Gasteiger partial charge in [-0.15, -0.1) is 0 Å². The van der Waals surface area contributed by atoms with E-state index in [0.29, 0.717) is 24.5 Å². The Morgan fingerprint density at radius 1 is 1.03 bits per heavy atom. The van der Waals surface area contributed by atoms with Crippen molar-refractivity contribution in [3.63, 3.8) is 0 Å². The maximum absolute atomic E-state index is 13.4. The van der Waals surface area contributed by atoms with E-state index in [2.05, 4.69) is 28.5 Å². The fourth-order valence-electron chi connectivity index (χ4n) is 4.41. The van der Waals surface area contributed by atoms with Crippen molar-refractivity contribution in [1.82, 2.24) is 4.98 Å². The second kappa shape index (κ2) is 8.28. The molecule has 1 amide bonds. The highest BCUT2D eigenvalue weighted by molar-refractivity contribution is 6.10. The van der Waals surface area contributed by atoms with Crippen molar-refractivity contribution in [2.45, 2.75) is 31.4 Å². The predicted octanol–water partition coefficient (Wildman–Crippen LogP) is 4.62. The van der Waals surface area contributed by atoms with Gasteiger partial charge in [-0.25, -0.2) is 4.98 Å². The fraction of sp³-hybridized carbons (Fsp3) is 0.280. The molecule has 5 nitrogen and oxygen atoms in total. The predicted molar refractivity (Wildman–Crippen MR) is 118 cm³/mol. The molecule has 2 unspecified atom stereocenters. The number of rotatable bonds is 4. The van der Waals surface area contributed by atoms with Crippen molar-refractivity contribution in [1.29, 1.82) is 0 Å². The normalized spacial score (nSPS) is 20.6. The van der Waals surface area contributed by atoms with E-state index in [0.717, 1.165) is 24.9 Å². The van der Waals surface area contributed by atoms with Gasteiger partial charge in [0.15, 0.2) is 0 Å². The fourth-order valence-corrected chi connectivity index (χ4v) is 4.41. The highest BCUT2D eigenvalue weighted by atomic mass is 16.5. The number of amides is 1. The average molecular weight is 399 g/mol. The van der Waals surface area contributed by atoms with Crippen LogP contribution in [0.25, 0.3) is 0 Å². The first kappa shape index (κ1) is 18.8. The summed E-state index contributed by atoms with van der Waals surface area (Å²) in [5, 5.41) is 3.54. The Morgan fingerprint density at radius 3 is 2.77 bits per heavy atom. The van der Waals surface area contributed by atoms with Gasteiger partial charge in [0.05, 0.1) is 11.7 Å². The summed E-state index contributed by atoms with van der Waals surface area (Å²) in [4.78, 5) is 19.8. The first-order valence-corrected chi connectivity index (χ1v) is 10.6. The summed E-state index contributed by atoms with van der Waals surface area (Å²) in [7, 11) is 0. The van der Waals surface area contributed by atoms with E-state index in [1.807, 2.05) is 53.4 Å². The monoisotopic (exact) mass is 399 g/mol. The summed E-state index contributed by atoms with van der Waals surface area (Å²) in [6.07, 6.45) is 4.43. The van der Waals surface area contributed by atoms with Gasteiger partial charge in [0.25, 0.3) is 5.91 Å². The Balaban J connectivity index is 1.35. The van der Waals surface area contributed by atoms with E-state index >= 15 is 0 Å². The summed E-state index contributed by atoms with van der Waals surface area (Å²) in [5.74, 6) is 0.660. The number of para-hydroxylation sites is 1. The van der Waals surface area contributed by atoms with Crippen molar-refractivity contribution >= 4 is 17.4 Å². The number of nitrogens with zero attached hydrogens (tertiary/aromatic N) is 2. The van der Waals surface area contributed by atoms with Crippen LogP contribution in [0.15, 0.2) is 72.9 Å². The number of carbonyl (C=O) groups is 1. The molecule has 0 radical (unpaired) electrons. The quantitative estimate of drug-likeness (QED) is 0.696. The molecular weight excluding hydrogens is 374 g/mol. The average Bonchev–Trinajstić information content (AvgIpc) is 3.24. The number of anilines is 2. The third-order valence-electron chi connectivity index (χ3n) is 5.97. The van der Waals surface area contributed by atoms with E-state index in [1.54, 1.807) is 6.20 Å². The maximum atomic E-state index is 13.4. The van der Waals surface area contributed by atoms with Crippen molar-refractivity contribution in [3.05, 3.63) is 89.6 Å². The molecule has 5 rings (SSSR count). The zero-order valence-electron chi connectivity index (χ0n) is 16.8. The number of nitrogens with one attached hydrogen (secondary N) is 1. The lowest BCUT2D eigenvalue weighted by Crippen LogP contribution is -2.33. The molecule has 1 saturated heterocycles. The van der Waals surface area contributed by atoms with Gasteiger partial charge < -0.3 is 15.0 Å². The van der Waals surface area contributed by atoms with Crippen LogP contribution in [0.2, 0.25) is 0 Å². The van der Waals surface area contributed by atoms with Crippen LogP contribution >= 0.6 is 0 Å². The molecule has 5 heteroatoms. The number of carbonyl (C=O) groups excluding carboxylic acids is 1. The van der Waals surface area contributed by atoms with Gasteiger partial charge in [0.1, 0.15) is 5.82 Å². The van der Waals surface area contributed by atoms with Crippen LogP contribution in [0.1, 0.15) is 40.4 Å². The highest BCUT2D eigenvalue weighted by Crippen LogP contribution is 2.32.